The number of hydrogen-bond acceptors (Lipinski definition) is 3. The summed E-state index contributed by atoms with van der Waals surface area (Å²) in [6.07, 6.45) is 2.78. The SMILES string of the molecule is O=C(N1C[C@H]2C[C@H](O)[C@@H](O)C[C@H]2C1)C1(c2ccc(Cl)cc2)CCC1. The van der Waals surface area contributed by atoms with Crippen molar-refractivity contribution < 1.29 is 15.0 Å². The third kappa shape index (κ3) is 2.56. The van der Waals surface area contributed by atoms with Gasteiger partial charge >= 0.3 is 0 Å². The number of carbonyl (C=O) groups excluding carboxylic acids is 1. The molecule has 5 heteroatoms. The topological polar surface area (TPSA) is 60.8 Å². The van der Waals surface area contributed by atoms with E-state index in [-0.39, 0.29) is 5.91 Å². The second-order valence-electron chi connectivity index (χ2n) is 7.78. The number of likely N-dealkylation sites (tertiary alicyclic amines) is 1. The Morgan fingerprint density at radius 3 is 2.04 bits per heavy atom. The summed E-state index contributed by atoms with van der Waals surface area (Å²) in [6.45, 7) is 1.42. The first-order valence-corrected chi connectivity index (χ1v) is 9.29. The number of fused-ring (bicyclic) bond motifs is 1. The van der Waals surface area contributed by atoms with Gasteiger partial charge in [0.2, 0.25) is 5.91 Å². The number of aliphatic hydroxyl groups excluding tert-OH is 2. The number of carbonyl (C=O) groups is 1. The molecule has 0 spiro atoms. The van der Waals surface area contributed by atoms with Crippen molar-refractivity contribution in [3.05, 3.63) is 34.9 Å². The van der Waals surface area contributed by atoms with Gasteiger partial charge in [-0.05, 0) is 55.2 Å². The number of hydrogen-bond donors (Lipinski definition) is 2. The van der Waals surface area contributed by atoms with E-state index in [1.165, 1.54) is 0 Å². The van der Waals surface area contributed by atoms with E-state index >= 15 is 0 Å². The smallest absolute Gasteiger partial charge is 0.233 e. The molecule has 1 saturated heterocycles. The van der Waals surface area contributed by atoms with Gasteiger partial charge in [-0.3, -0.25) is 4.79 Å². The molecule has 1 aliphatic heterocycles. The lowest BCUT2D eigenvalue weighted by Crippen LogP contribution is -2.50. The molecule has 0 bridgehead atoms. The van der Waals surface area contributed by atoms with E-state index in [2.05, 4.69) is 0 Å². The summed E-state index contributed by atoms with van der Waals surface area (Å²) >= 11 is 6.00. The Bertz CT molecular complexity index is 610. The Morgan fingerprint density at radius 1 is 1.04 bits per heavy atom. The standard InChI is InChI=1S/C19H24ClNO3/c20-15-4-2-14(3-5-15)19(6-1-7-19)18(24)21-10-12-8-16(22)17(23)9-13(12)11-21/h2-5,12-13,16-17,22-23H,1,6-11H2/t12-,13+,16-,17-/m0/s1. The first-order chi connectivity index (χ1) is 11.5. The Kier molecular flexibility index (Phi) is 4.10. The average Bonchev–Trinajstić information content (AvgIpc) is 2.91. The van der Waals surface area contributed by atoms with E-state index < -0.39 is 17.6 Å². The molecule has 4 atom stereocenters. The molecular weight excluding hydrogens is 326 g/mol. The van der Waals surface area contributed by atoms with Gasteiger partial charge in [-0.2, -0.15) is 0 Å². The zero-order valence-corrected chi connectivity index (χ0v) is 14.5. The van der Waals surface area contributed by atoms with Gasteiger partial charge in [0.05, 0.1) is 17.6 Å². The summed E-state index contributed by atoms with van der Waals surface area (Å²) in [7, 11) is 0. The van der Waals surface area contributed by atoms with Crippen molar-refractivity contribution in [2.75, 3.05) is 13.1 Å². The lowest BCUT2D eigenvalue weighted by Gasteiger charge is -2.43. The second kappa shape index (κ2) is 6.01. The minimum Gasteiger partial charge on any atom is -0.390 e. The highest BCUT2D eigenvalue weighted by Crippen LogP contribution is 2.47. The van der Waals surface area contributed by atoms with Gasteiger partial charge in [0.25, 0.3) is 0 Å². The first kappa shape index (κ1) is 16.4. The van der Waals surface area contributed by atoms with Gasteiger partial charge in [-0.25, -0.2) is 0 Å². The predicted octanol–water partition coefficient (Wildman–Crippen LogP) is 2.35. The summed E-state index contributed by atoms with van der Waals surface area (Å²) in [5, 5.41) is 20.5. The van der Waals surface area contributed by atoms with Gasteiger partial charge in [0, 0.05) is 18.1 Å². The lowest BCUT2D eigenvalue weighted by atomic mass is 9.63. The normalized spacial score (nSPS) is 34.5. The van der Waals surface area contributed by atoms with Crippen LogP contribution in [0, 0.1) is 11.8 Å². The highest BCUT2D eigenvalue weighted by molar-refractivity contribution is 6.30. The Labute approximate surface area is 147 Å². The number of benzene rings is 1. The van der Waals surface area contributed by atoms with Crippen LogP contribution in [0.5, 0.6) is 0 Å². The molecule has 2 N–H and O–H groups in total. The van der Waals surface area contributed by atoms with E-state index in [1.807, 2.05) is 29.2 Å². The highest BCUT2D eigenvalue weighted by atomic mass is 35.5. The van der Waals surface area contributed by atoms with Crippen LogP contribution in [0.3, 0.4) is 0 Å². The summed E-state index contributed by atoms with van der Waals surface area (Å²) in [6, 6.07) is 7.69. The van der Waals surface area contributed by atoms with Gasteiger partial charge in [-0.15, -0.1) is 0 Å². The minimum atomic E-state index is -0.643. The molecular formula is C19H24ClNO3. The van der Waals surface area contributed by atoms with E-state index in [4.69, 9.17) is 11.6 Å². The maximum absolute atomic E-state index is 13.3. The van der Waals surface area contributed by atoms with Gasteiger partial charge in [-0.1, -0.05) is 30.2 Å². The monoisotopic (exact) mass is 349 g/mol. The molecule has 3 fully saturated rings. The fourth-order valence-corrected chi connectivity index (χ4v) is 4.93. The van der Waals surface area contributed by atoms with E-state index in [9.17, 15) is 15.0 Å². The molecule has 1 aromatic carbocycles. The summed E-state index contributed by atoms with van der Waals surface area (Å²) < 4.78 is 0. The van der Waals surface area contributed by atoms with Crippen molar-refractivity contribution in [2.24, 2.45) is 11.8 Å². The molecule has 130 valence electrons. The summed E-state index contributed by atoms with van der Waals surface area (Å²) in [5.74, 6) is 0.846. The molecule has 1 aromatic rings. The molecule has 2 aliphatic carbocycles. The van der Waals surface area contributed by atoms with Crippen LogP contribution in [0.1, 0.15) is 37.7 Å². The van der Waals surface area contributed by atoms with Crippen molar-refractivity contribution in [1.29, 1.82) is 0 Å². The van der Waals surface area contributed by atoms with Crippen LogP contribution < -0.4 is 0 Å². The van der Waals surface area contributed by atoms with E-state index in [0.717, 1.165) is 24.8 Å². The molecule has 0 unspecified atom stereocenters. The van der Waals surface area contributed by atoms with Crippen LogP contribution >= 0.6 is 11.6 Å². The molecule has 3 aliphatic rings. The molecule has 0 radical (unpaired) electrons. The number of halogens is 1. The molecule has 24 heavy (non-hydrogen) atoms. The van der Waals surface area contributed by atoms with Gasteiger partial charge < -0.3 is 15.1 Å². The third-order valence-corrected chi connectivity index (χ3v) is 6.66. The number of rotatable bonds is 2. The first-order valence-electron chi connectivity index (χ1n) is 8.91. The zero-order chi connectivity index (χ0) is 16.9. The third-order valence-electron chi connectivity index (χ3n) is 6.41. The molecule has 1 heterocycles. The lowest BCUT2D eigenvalue weighted by molar-refractivity contribution is -0.140. The predicted molar refractivity (Wildman–Crippen MR) is 91.8 cm³/mol. The summed E-state index contributed by atoms with van der Waals surface area (Å²) in [4.78, 5) is 15.3. The fraction of sp³-hybridized carbons (Fsp3) is 0.632. The van der Waals surface area contributed by atoms with Crippen molar-refractivity contribution in [1.82, 2.24) is 4.90 Å². The average molecular weight is 350 g/mol. The number of aliphatic hydroxyl groups is 2. The zero-order valence-electron chi connectivity index (χ0n) is 13.7. The fourth-order valence-electron chi connectivity index (χ4n) is 4.80. The highest BCUT2D eigenvalue weighted by Gasteiger charge is 2.51. The van der Waals surface area contributed by atoms with Crippen molar-refractivity contribution >= 4 is 17.5 Å². The van der Waals surface area contributed by atoms with Crippen LogP contribution in [0.15, 0.2) is 24.3 Å². The molecule has 4 rings (SSSR count). The van der Waals surface area contributed by atoms with Crippen molar-refractivity contribution in [3.8, 4) is 0 Å². The molecule has 1 amide bonds. The van der Waals surface area contributed by atoms with Crippen LogP contribution in [0.4, 0.5) is 0 Å². The second-order valence-corrected chi connectivity index (χ2v) is 8.22. The van der Waals surface area contributed by atoms with Gasteiger partial charge in [0.15, 0.2) is 0 Å². The van der Waals surface area contributed by atoms with Crippen molar-refractivity contribution in [3.63, 3.8) is 0 Å². The summed E-state index contributed by atoms with van der Waals surface area (Å²) in [5.41, 5.74) is 0.674. The molecule has 2 saturated carbocycles. The molecule has 4 nitrogen and oxygen atoms in total. The van der Waals surface area contributed by atoms with Crippen LogP contribution in [-0.2, 0) is 10.2 Å². The van der Waals surface area contributed by atoms with E-state index in [1.54, 1.807) is 0 Å². The van der Waals surface area contributed by atoms with Crippen LogP contribution in [0.2, 0.25) is 5.02 Å². The largest absolute Gasteiger partial charge is 0.390 e. The van der Waals surface area contributed by atoms with E-state index in [0.29, 0.717) is 42.8 Å². The molecule has 0 aromatic heterocycles. The number of nitrogens with zero attached hydrogens (tertiary/aromatic N) is 1. The Hall–Kier alpha value is -1.10. The maximum atomic E-state index is 13.3. The van der Waals surface area contributed by atoms with Gasteiger partial charge in [0.1, 0.15) is 0 Å². The minimum absolute atomic E-state index is 0.217. The number of amides is 1. The Balaban J connectivity index is 1.54. The van der Waals surface area contributed by atoms with Crippen LogP contribution in [0.25, 0.3) is 0 Å². The Morgan fingerprint density at radius 2 is 1.58 bits per heavy atom. The maximum Gasteiger partial charge on any atom is 0.233 e. The van der Waals surface area contributed by atoms with Crippen molar-refractivity contribution in [2.45, 2.75) is 49.7 Å². The quantitative estimate of drug-likeness (QED) is 0.861. The van der Waals surface area contributed by atoms with Crippen LogP contribution in [-0.4, -0.2) is 46.3 Å².